The molecule has 1 saturated heterocycles. The summed E-state index contributed by atoms with van der Waals surface area (Å²) in [5.41, 5.74) is 3.89. The lowest BCUT2D eigenvalue weighted by molar-refractivity contribution is -0.232. The van der Waals surface area contributed by atoms with Crippen LogP contribution in [0.25, 0.3) is 0 Å². The van der Waals surface area contributed by atoms with E-state index in [1.54, 1.807) is 5.56 Å². The first kappa shape index (κ1) is 22.0. The number of allylic oxidation sites excluding steroid dienone is 1. The maximum atomic E-state index is 6.04. The Morgan fingerprint density at radius 1 is 0.967 bits per heavy atom. The molecule has 4 fully saturated rings. The number of benzene rings is 1. The molecule has 4 aliphatic rings. The van der Waals surface area contributed by atoms with Crippen molar-refractivity contribution in [2.24, 2.45) is 5.41 Å². The van der Waals surface area contributed by atoms with E-state index in [0.29, 0.717) is 30.7 Å². The number of hydrogen-bond donors (Lipinski definition) is 0. The predicted molar refractivity (Wildman–Crippen MR) is 122 cm³/mol. The highest BCUT2D eigenvalue weighted by Gasteiger charge is 2.48. The molecule has 3 aliphatic carbocycles. The van der Waals surface area contributed by atoms with Crippen molar-refractivity contribution in [3.8, 4) is 0 Å². The highest BCUT2D eigenvalue weighted by atomic mass is 16.7. The summed E-state index contributed by atoms with van der Waals surface area (Å²) >= 11 is 0. The number of rotatable bonds is 9. The third kappa shape index (κ3) is 4.84. The van der Waals surface area contributed by atoms with E-state index >= 15 is 0 Å². The molecular weight excluding hydrogens is 372 g/mol. The van der Waals surface area contributed by atoms with Gasteiger partial charge in [0.15, 0.2) is 6.29 Å². The van der Waals surface area contributed by atoms with Gasteiger partial charge < -0.3 is 14.2 Å². The van der Waals surface area contributed by atoms with Crippen molar-refractivity contribution in [1.29, 1.82) is 0 Å². The monoisotopic (exact) mass is 412 g/mol. The summed E-state index contributed by atoms with van der Waals surface area (Å²) < 4.78 is 17.5. The van der Waals surface area contributed by atoms with Crippen LogP contribution in [0.4, 0.5) is 0 Å². The molecule has 30 heavy (non-hydrogen) atoms. The van der Waals surface area contributed by atoms with Gasteiger partial charge in [0, 0.05) is 0 Å². The minimum absolute atomic E-state index is 0.0158. The maximum absolute atomic E-state index is 6.04. The zero-order valence-electron chi connectivity index (χ0n) is 19.0. The summed E-state index contributed by atoms with van der Waals surface area (Å²) in [5, 5.41) is 0. The van der Waals surface area contributed by atoms with Gasteiger partial charge in [-0.25, -0.2) is 0 Å². The van der Waals surface area contributed by atoms with E-state index in [9.17, 15) is 0 Å². The first-order valence-electron chi connectivity index (χ1n) is 12.3. The Morgan fingerprint density at radius 2 is 1.70 bits per heavy atom. The Hall–Kier alpha value is -1.16. The lowest BCUT2D eigenvalue weighted by Gasteiger charge is -2.54. The summed E-state index contributed by atoms with van der Waals surface area (Å²) in [6.07, 6.45) is 17.8. The fourth-order valence-corrected chi connectivity index (χ4v) is 5.91. The topological polar surface area (TPSA) is 27.7 Å². The molecule has 3 nitrogen and oxygen atoms in total. The third-order valence-corrected chi connectivity index (χ3v) is 8.09. The molecule has 1 heterocycles. The molecule has 0 amide bonds. The van der Waals surface area contributed by atoms with Gasteiger partial charge in [-0.1, -0.05) is 62.6 Å². The third-order valence-electron chi connectivity index (χ3n) is 8.09. The first-order valence-corrected chi connectivity index (χ1v) is 12.3. The molecule has 0 spiro atoms. The van der Waals surface area contributed by atoms with E-state index in [1.807, 2.05) is 19.1 Å². The molecule has 0 radical (unpaired) electrons. The number of ether oxygens (including phenoxy) is 3. The summed E-state index contributed by atoms with van der Waals surface area (Å²) in [7, 11) is 0. The molecule has 2 unspecified atom stereocenters. The molecule has 1 aromatic rings. The molecular formula is C27H40O3. The molecule has 1 aromatic carbocycles. The van der Waals surface area contributed by atoms with E-state index in [1.165, 1.54) is 69.8 Å². The summed E-state index contributed by atoms with van der Waals surface area (Å²) in [6.45, 7) is 5.94. The number of unbranched alkanes of at least 4 members (excludes halogenated alkanes) is 2. The van der Waals surface area contributed by atoms with Crippen molar-refractivity contribution in [2.75, 3.05) is 19.8 Å². The van der Waals surface area contributed by atoms with Crippen LogP contribution in [0.1, 0.15) is 95.3 Å². The van der Waals surface area contributed by atoms with Crippen LogP contribution in [0, 0.1) is 5.41 Å². The van der Waals surface area contributed by atoms with Gasteiger partial charge in [0.1, 0.15) is 6.10 Å². The van der Waals surface area contributed by atoms with Crippen LogP contribution >= 0.6 is 0 Å². The Labute approximate surface area is 183 Å². The van der Waals surface area contributed by atoms with E-state index in [2.05, 4.69) is 31.2 Å². The molecule has 0 N–H and O–H groups in total. The average Bonchev–Trinajstić information content (AvgIpc) is 2.81. The van der Waals surface area contributed by atoms with Crippen LogP contribution in [0.3, 0.4) is 0 Å². The smallest absolute Gasteiger partial charge is 0.181 e. The second-order valence-corrected chi connectivity index (χ2v) is 9.85. The Bertz CT molecular complexity index is 660. The zero-order chi connectivity index (χ0) is 20.9. The highest BCUT2D eigenvalue weighted by molar-refractivity contribution is 5.32. The fraction of sp³-hybridized carbons (Fsp3) is 0.704. The van der Waals surface area contributed by atoms with Crippen molar-refractivity contribution >= 4 is 0 Å². The van der Waals surface area contributed by atoms with Crippen LogP contribution < -0.4 is 0 Å². The minimum Gasteiger partial charge on any atom is -0.366 e. The predicted octanol–water partition coefficient (Wildman–Crippen LogP) is 6.87. The summed E-state index contributed by atoms with van der Waals surface area (Å²) in [4.78, 5) is 0. The standard InChI is InChI=1S/C27H40O3/c1-3-5-7-12-26-13-16-27(17-14-26,18-15-26)23-10-8-22(9-11-23)24-20-30-25(21-29-24)28-19-6-4-2/h4,6,8-11,24-25H,3,5,7,12-21H2,1-2H3/b6-4+. The van der Waals surface area contributed by atoms with E-state index in [-0.39, 0.29) is 12.4 Å². The van der Waals surface area contributed by atoms with Crippen molar-refractivity contribution in [3.05, 3.63) is 47.5 Å². The minimum atomic E-state index is -0.252. The van der Waals surface area contributed by atoms with Crippen LogP contribution in [0.5, 0.6) is 0 Å². The lowest BCUT2D eigenvalue weighted by Crippen LogP contribution is -2.44. The number of hydrogen-bond acceptors (Lipinski definition) is 3. The normalized spacial score (nSPS) is 33.9. The van der Waals surface area contributed by atoms with E-state index < -0.39 is 0 Å². The SMILES string of the molecule is C/C=C/COC1COC(c2ccc(C34CCC(CCCCC)(CC3)CC4)cc2)CO1. The van der Waals surface area contributed by atoms with Gasteiger partial charge in [0.2, 0.25) is 0 Å². The average molecular weight is 413 g/mol. The fourth-order valence-electron chi connectivity index (χ4n) is 5.91. The Kier molecular flexibility index (Phi) is 7.33. The second kappa shape index (κ2) is 9.97. The van der Waals surface area contributed by atoms with Gasteiger partial charge in [-0.15, -0.1) is 0 Å². The van der Waals surface area contributed by atoms with Crippen molar-refractivity contribution in [3.63, 3.8) is 0 Å². The van der Waals surface area contributed by atoms with Crippen LogP contribution in [0.2, 0.25) is 0 Å². The Morgan fingerprint density at radius 3 is 2.30 bits per heavy atom. The molecule has 5 rings (SSSR count). The van der Waals surface area contributed by atoms with Crippen LogP contribution in [0.15, 0.2) is 36.4 Å². The van der Waals surface area contributed by atoms with Gasteiger partial charge in [-0.2, -0.15) is 0 Å². The van der Waals surface area contributed by atoms with Crippen LogP contribution in [-0.2, 0) is 19.6 Å². The zero-order valence-corrected chi connectivity index (χ0v) is 19.0. The molecule has 2 bridgehead atoms. The van der Waals surface area contributed by atoms with Gasteiger partial charge >= 0.3 is 0 Å². The molecule has 2 atom stereocenters. The first-order chi connectivity index (χ1) is 14.7. The van der Waals surface area contributed by atoms with Gasteiger partial charge in [-0.3, -0.25) is 0 Å². The van der Waals surface area contributed by atoms with Gasteiger partial charge in [0.25, 0.3) is 0 Å². The molecule has 3 heteroatoms. The Balaban J connectivity index is 1.31. The molecule has 1 aliphatic heterocycles. The van der Waals surface area contributed by atoms with Crippen LogP contribution in [-0.4, -0.2) is 26.1 Å². The molecule has 166 valence electrons. The quantitative estimate of drug-likeness (QED) is 0.327. The van der Waals surface area contributed by atoms with E-state index in [4.69, 9.17) is 14.2 Å². The van der Waals surface area contributed by atoms with Crippen molar-refractivity contribution in [2.45, 2.75) is 95.9 Å². The second-order valence-electron chi connectivity index (χ2n) is 9.85. The van der Waals surface area contributed by atoms with E-state index in [0.717, 1.165) is 0 Å². The van der Waals surface area contributed by atoms with Crippen molar-refractivity contribution < 1.29 is 14.2 Å². The maximum Gasteiger partial charge on any atom is 0.181 e. The summed E-state index contributed by atoms with van der Waals surface area (Å²) in [6, 6.07) is 9.30. The molecule has 0 aromatic heterocycles. The van der Waals surface area contributed by atoms with Gasteiger partial charge in [-0.05, 0) is 73.8 Å². The lowest BCUT2D eigenvalue weighted by atomic mass is 9.51. The highest BCUT2D eigenvalue weighted by Crippen LogP contribution is 2.59. The van der Waals surface area contributed by atoms with Gasteiger partial charge in [0.05, 0.1) is 19.8 Å². The summed E-state index contributed by atoms with van der Waals surface area (Å²) in [5.74, 6) is 0. The molecule has 3 saturated carbocycles. The number of fused-ring (bicyclic) bond motifs is 3. The van der Waals surface area contributed by atoms with Crippen molar-refractivity contribution in [1.82, 2.24) is 0 Å². The largest absolute Gasteiger partial charge is 0.366 e.